The zero-order chi connectivity index (χ0) is 11.6. The van der Waals surface area contributed by atoms with Crippen molar-refractivity contribution in [3.63, 3.8) is 0 Å². The minimum atomic E-state index is -0.787. The van der Waals surface area contributed by atoms with Crippen molar-refractivity contribution >= 4 is 27.8 Å². The molecule has 1 rings (SSSR count). The lowest BCUT2D eigenvalue weighted by molar-refractivity contribution is -0.394. The Morgan fingerprint density at radius 1 is 1.80 bits per heavy atom. The highest BCUT2D eigenvalue weighted by Gasteiger charge is 2.26. The number of carbonyl (C=O) groups excluding carboxylic acids is 1. The van der Waals surface area contributed by atoms with Crippen LogP contribution in [0.5, 0.6) is 0 Å². The highest BCUT2D eigenvalue weighted by Crippen LogP contribution is 2.17. The van der Waals surface area contributed by atoms with E-state index in [1.54, 1.807) is 0 Å². The smallest absolute Gasteiger partial charge is 0.390 e. The summed E-state index contributed by atoms with van der Waals surface area (Å²) in [5.74, 6) is 3.80. The first-order valence-corrected chi connectivity index (χ1v) is 4.53. The van der Waals surface area contributed by atoms with Crippen molar-refractivity contribution in [2.45, 2.75) is 13.0 Å². The van der Waals surface area contributed by atoms with E-state index in [2.05, 4.69) is 26.0 Å². The lowest BCUT2D eigenvalue weighted by Crippen LogP contribution is -2.36. The van der Waals surface area contributed by atoms with Crippen LogP contribution in [0.25, 0.3) is 0 Å². The van der Waals surface area contributed by atoms with Crippen molar-refractivity contribution in [1.82, 2.24) is 20.2 Å². The molecule has 0 saturated heterocycles. The van der Waals surface area contributed by atoms with Crippen LogP contribution in [-0.2, 0) is 4.79 Å². The minimum absolute atomic E-state index is 0.0882. The lowest BCUT2D eigenvalue weighted by atomic mass is 10.3. The molecule has 1 unspecified atom stereocenters. The Morgan fingerprint density at radius 2 is 2.40 bits per heavy atom. The second kappa shape index (κ2) is 4.31. The monoisotopic (exact) mass is 278 g/mol. The molecule has 1 amide bonds. The Hall–Kier alpha value is -1.55. The minimum Gasteiger partial charge on any atom is -0.390 e. The van der Waals surface area contributed by atoms with Gasteiger partial charge in [0.1, 0.15) is 6.04 Å². The van der Waals surface area contributed by atoms with Gasteiger partial charge in [-0.3, -0.25) is 10.2 Å². The molecule has 0 bridgehead atoms. The molecule has 9 nitrogen and oxygen atoms in total. The van der Waals surface area contributed by atoms with Gasteiger partial charge in [-0.2, -0.15) is 0 Å². The molecule has 1 aromatic heterocycles. The first-order valence-electron chi connectivity index (χ1n) is 3.74. The average Bonchev–Trinajstić information content (AvgIpc) is 2.58. The molecular formula is C5H7BrN6O3. The van der Waals surface area contributed by atoms with E-state index in [-0.39, 0.29) is 4.73 Å². The molecule has 82 valence electrons. The quantitative estimate of drug-likeness (QED) is 0.332. The van der Waals surface area contributed by atoms with Crippen LogP contribution in [0.2, 0.25) is 0 Å². The second-order valence-electron chi connectivity index (χ2n) is 2.57. The Balaban J connectivity index is 3.04. The number of nitrogens with two attached hydrogens (primary N) is 1. The van der Waals surface area contributed by atoms with Gasteiger partial charge in [-0.15, -0.1) is 4.68 Å². The molecule has 10 heteroatoms. The normalized spacial score (nSPS) is 12.2. The molecule has 0 fully saturated rings. The average molecular weight is 279 g/mol. The molecule has 0 aromatic carbocycles. The van der Waals surface area contributed by atoms with Gasteiger partial charge in [-0.25, -0.2) is 5.84 Å². The molecule has 0 aliphatic rings. The maximum atomic E-state index is 11.1. The van der Waals surface area contributed by atoms with E-state index in [1.165, 1.54) is 6.92 Å². The molecule has 0 saturated carbocycles. The first kappa shape index (κ1) is 11.5. The second-order valence-corrected chi connectivity index (χ2v) is 3.28. The lowest BCUT2D eigenvalue weighted by Gasteiger charge is -2.06. The van der Waals surface area contributed by atoms with Crippen molar-refractivity contribution in [3.05, 3.63) is 14.8 Å². The summed E-state index contributed by atoms with van der Waals surface area (Å²) in [6.07, 6.45) is 0. The number of aromatic nitrogens is 3. The number of hydrogen-bond acceptors (Lipinski definition) is 6. The molecule has 0 aliphatic heterocycles. The number of halogens is 1. The van der Waals surface area contributed by atoms with Crippen molar-refractivity contribution < 1.29 is 9.72 Å². The maximum Gasteiger partial charge on any atom is 0.492 e. The van der Waals surface area contributed by atoms with E-state index in [1.807, 2.05) is 5.43 Å². The van der Waals surface area contributed by atoms with E-state index in [9.17, 15) is 14.9 Å². The maximum absolute atomic E-state index is 11.1. The fraction of sp³-hybridized carbons (Fsp3) is 0.400. The van der Waals surface area contributed by atoms with Crippen LogP contribution in [0.1, 0.15) is 13.0 Å². The van der Waals surface area contributed by atoms with Crippen LogP contribution in [0.4, 0.5) is 5.95 Å². The third kappa shape index (κ3) is 2.27. The fourth-order valence-corrected chi connectivity index (χ4v) is 1.39. The summed E-state index contributed by atoms with van der Waals surface area (Å²) in [6, 6.07) is -0.787. The highest BCUT2D eigenvalue weighted by molar-refractivity contribution is 9.10. The van der Waals surface area contributed by atoms with Gasteiger partial charge in [-0.1, -0.05) is 0 Å². The summed E-state index contributed by atoms with van der Waals surface area (Å²) in [5.41, 5.74) is 1.91. The number of nitrogens with zero attached hydrogens (tertiary/aromatic N) is 4. The Labute approximate surface area is 91.9 Å². The van der Waals surface area contributed by atoms with Crippen LogP contribution in [0.3, 0.4) is 0 Å². The number of hydrazine groups is 1. The third-order valence-electron chi connectivity index (χ3n) is 1.63. The standard InChI is InChI=1S/C5H7BrN6O3/c1-2(3(13)9-7)11-4(6)8-5(10-11)12(14)15/h2H,7H2,1H3,(H,9,13). The Bertz CT molecular complexity index is 403. The van der Waals surface area contributed by atoms with E-state index in [0.29, 0.717) is 0 Å². The predicted molar refractivity (Wildman–Crippen MR) is 51.4 cm³/mol. The zero-order valence-corrected chi connectivity index (χ0v) is 9.13. The number of nitrogens with one attached hydrogen (secondary N) is 1. The fourth-order valence-electron chi connectivity index (χ4n) is 0.849. The summed E-state index contributed by atoms with van der Waals surface area (Å²) in [6.45, 7) is 1.48. The molecule has 15 heavy (non-hydrogen) atoms. The summed E-state index contributed by atoms with van der Waals surface area (Å²) < 4.78 is 1.14. The van der Waals surface area contributed by atoms with E-state index < -0.39 is 22.8 Å². The third-order valence-corrected chi connectivity index (χ3v) is 2.17. The Kier molecular flexibility index (Phi) is 3.31. The summed E-state index contributed by atoms with van der Waals surface area (Å²) in [7, 11) is 0. The number of amides is 1. The molecule has 1 atom stereocenters. The van der Waals surface area contributed by atoms with E-state index in [0.717, 1.165) is 4.68 Å². The van der Waals surface area contributed by atoms with E-state index >= 15 is 0 Å². The number of nitro groups is 1. The first-order chi connectivity index (χ1) is 6.97. The van der Waals surface area contributed by atoms with Gasteiger partial charge in [0, 0.05) is 21.0 Å². The van der Waals surface area contributed by atoms with Gasteiger partial charge in [0.05, 0.1) is 0 Å². The molecule has 3 N–H and O–H groups in total. The predicted octanol–water partition coefficient (Wildman–Crippen LogP) is -0.500. The molecule has 1 heterocycles. The molecule has 0 spiro atoms. The molecular weight excluding hydrogens is 272 g/mol. The number of carbonyl (C=O) groups is 1. The van der Waals surface area contributed by atoms with Gasteiger partial charge in [0.2, 0.25) is 0 Å². The number of hydrogen-bond donors (Lipinski definition) is 2. The molecule has 0 radical (unpaired) electrons. The highest BCUT2D eigenvalue weighted by atomic mass is 79.9. The molecule has 1 aromatic rings. The summed E-state index contributed by atoms with van der Waals surface area (Å²) in [4.78, 5) is 24.2. The summed E-state index contributed by atoms with van der Waals surface area (Å²) in [5, 5.41) is 13.9. The summed E-state index contributed by atoms with van der Waals surface area (Å²) >= 11 is 2.95. The molecule has 0 aliphatic carbocycles. The van der Waals surface area contributed by atoms with Crippen LogP contribution < -0.4 is 11.3 Å². The van der Waals surface area contributed by atoms with Gasteiger partial charge in [0.15, 0.2) is 0 Å². The largest absolute Gasteiger partial charge is 0.492 e. The van der Waals surface area contributed by atoms with Crippen molar-refractivity contribution in [1.29, 1.82) is 0 Å². The van der Waals surface area contributed by atoms with Crippen LogP contribution in [0, 0.1) is 10.1 Å². The topological polar surface area (TPSA) is 129 Å². The van der Waals surface area contributed by atoms with E-state index in [4.69, 9.17) is 5.84 Å². The Morgan fingerprint density at radius 3 is 2.80 bits per heavy atom. The van der Waals surface area contributed by atoms with Crippen molar-refractivity contribution in [3.8, 4) is 0 Å². The van der Waals surface area contributed by atoms with Gasteiger partial charge < -0.3 is 10.1 Å². The van der Waals surface area contributed by atoms with Crippen LogP contribution in [-0.4, -0.2) is 25.6 Å². The van der Waals surface area contributed by atoms with Crippen molar-refractivity contribution in [2.75, 3.05) is 0 Å². The SMILES string of the molecule is CC(C(=O)NN)n1nc([N+](=O)[O-])nc1Br. The van der Waals surface area contributed by atoms with Gasteiger partial charge in [-0.05, 0) is 16.8 Å². The van der Waals surface area contributed by atoms with Crippen LogP contribution in [0.15, 0.2) is 4.73 Å². The number of rotatable bonds is 3. The van der Waals surface area contributed by atoms with Gasteiger partial charge in [0.25, 0.3) is 10.6 Å². The zero-order valence-electron chi connectivity index (χ0n) is 7.55. The van der Waals surface area contributed by atoms with Gasteiger partial charge >= 0.3 is 5.95 Å². The van der Waals surface area contributed by atoms with Crippen LogP contribution >= 0.6 is 15.9 Å². The van der Waals surface area contributed by atoms with Crippen molar-refractivity contribution in [2.24, 2.45) is 5.84 Å².